The number of carbonyl (C=O) groups is 1. The van der Waals surface area contributed by atoms with E-state index in [1.807, 2.05) is 33.0 Å². The van der Waals surface area contributed by atoms with E-state index in [9.17, 15) is 4.79 Å². The van der Waals surface area contributed by atoms with Gasteiger partial charge in [0, 0.05) is 43.5 Å². The number of carbonyl (C=O) groups excluding carboxylic acids is 1. The van der Waals surface area contributed by atoms with Crippen LogP contribution in [0.3, 0.4) is 0 Å². The second-order valence-corrected chi connectivity index (χ2v) is 7.74. The van der Waals surface area contributed by atoms with Gasteiger partial charge >= 0.3 is 0 Å². The number of fused-ring (bicyclic) bond motifs is 1. The summed E-state index contributed by atoms with van der Waals surface area (Å²) in [5.74, 6) is 2.42. The Bertz CT molecular complexity index is 814. The molecule has 0 spiro atoms. The van der Waals surface area contributed by atoms with Gasteiger partial charge in [0.15, 0.2) is 0 Å². The highest BCUT2D eigenvalue weighted by atomic mass is 16.5. The molecule has 2 saturated heterocycles. The Labute approximate surface area is 159 Å². The first-order valence-electron chi connectivity index (χ1n) is 9.78. The summed E-state index contributed by atoms with van der Waals surface area (Å²) >= 11 is 0. The topological polar surface area (TPSA) is 75.4 Å². The molecule has 0 radical (unpaired) electrons. The summed E-state index contributed by atoms with van der Waals surface area (Å²) in [5, 5.41) is 3.99. The highest BCUT2D eigenvalue weighted by Crippen LogP contribution is 2.33. The Kier molecular flexibility index (Phi) is 4.85. The average Bonchev–Trinajstić information content (AvgIpc) is 3.22. The van der Waals surface area contributed by atoms with Gasteiger partial charge in [-0.2, -0.15) is 0 Å². The van der Waals surface area contributed by atoms with Crippen molar-refractivity contribution in [3.05, 3.63) is 35.0 Å². The fraction of sp³-hybridized carbons (Fsp3) is 0.600. The maximum absolute atomic E-state index is 12.9. The van der Waals surface area contributed by atoms with Crippen LogP contribution in [-0.4, -0.2) is 51.6 Å². The van der Waals surface area contributed by atoms with Crippen LogP contribution in [0.2, 0.25) is 0 Å². The van der Waals surface area contributed by atoms with Gasteiger partial charge in [-0.3, -0.25) is 4.79 Å². The lowest BCUT2D eigenvalue weighted by Gasteiger charge is -2.38. The standard InChI is InChI=1S/C20H27N5O2/c1-13-6-9-21-20(22-13)24-10-7-16-8-11-25(18(16)12-24)19(26)5-4-17-14(2)23-27-15(17)3/h6,9,16,18H,4-5,7-8,10-12H2,1-3H3. The number of likely N-dealkylation sites (tertiary alicyclic amines) is 1. The molecular weight excluding hydrogens is 342 g/mol. The molecule has 2 aliphatic rings. The zero-order valence-corrected chi connectivity index (χ0v) is 16.3. The number of aryl methyl sites for hydroxylation is 3. The molecule has 2 aliphatic heterocycles. The number of aromatic nitrogens is 3. The molecule has 7 heteroatoms. The molecule has 27 heavy (non-hydrogen) atoms. The maximum atomic E-state index is 12.9. The van der Waals surface area contributed by atoms with Gasteiger partial charge in [0.2, 0.25) is 11.9 Å². The molecule has 0 bridgehead atoms. The molecular formula is C20H27N5O2. The van der Waals surface area contributed by atoms with Crippen molar-refractivity contribution in [1.29, 1.82) is 0 Å². The third kappa shape index (κ3) is 3.55. The van der Waals surface area contributed by atoms with Crippen molar-refractivity contribution in [3.8, 4) is 0 Å². The molecule has 144 valence electrons. The van der Waals surface area contributed by atoms with Gasteiger partial charge < -0.3 is 14.3 Å². The Balaban J connectivity index is 1.42. The summed E-state index contributed by atoms with van der Waals surface area (Å²) in [6, 6.07) is 2.18. The average molecular weight is 369 g/mol. The van der Waals surface area contributed by atoms with Crippen molar-refractivity contribution < 1.29 is 9.32 Å². The van der Waals surface area contributed by atoms with E-state index < -0.39 is 0 Å². The third-order valence-corrected chi connectivity index (χ3v) is 6.02. The normalized spacial score (nSPS) is 22.2. The maximum Gasteiger partial charge on any atom is 0.225 e. The first kappa shape index (κ1) is 17.9. The smallest absolute Gasteiger partial charge is 0.225 e. The lowest BCUT2D eigenvalue weighted by Crippen LogP contribution is -2.50. The van der Waals surface area contributed by atoms with E-state index in [1.54, 1.807) is 0 Å². The second kappa shape index (κ2) is 7.29. The molecule has 2 aromatic rings. The van der Waals surface area contributed by atoms with E-state index in [1.165, 1.54) is 0 Å². The van der Waals surface area contributed by atoms with Crippen molar-refractivity contribution in [2.45, 2.75) is 52.5 Å². The number of rotatable bonds is 4. The van der Waals surface area contributed by atoms with Crippen LogP contribution in [0.1, 0.15) is 42.0 Å². The molecule has 2 atom stereocenters. The van der Waals surface area contributed by atoms with E-state index in [-0.39, 0.29) is 11.9 Å². The molecule has 7 nitrogen and oxygen atoms in total. The van der Waals surface area contributed by atoms with Crippen molar-refractivity contribution in [1.82, 2.24) is 20.0 Å². The Morgan fingerprint density at radius 1 is 1.26 bits per heavy atom. The summed E-state index contributed by atoms with van der Waals surface area (Å²) < 4.78 is 5.22. The first-order chi connectivity index (χ1) is 13.0. The monoisotopic (exact) mass is 369 g/mol. The van der Waals surface area contributed by atoms with Crippen LogP contribution in [-0.2, 0) is 11.2 Å². The highest BCUT2D eigenvalue weighted by molar-refractivity contribution is 5.77. The predicted octanol–water partition coefficient (Wildman–Crippen LogP) is 2.45. The molecule has 2 unspecified atom stereocenters. The summed E-state index contributed by atoms with van der Waals surface area (Å²) in [7, 11) is 0. The second-order valence-electron chi connectivity index (χ2n) is 7.74. The van der Waals surface area contributed by atoms with Crippen molar-refractivity contribution in [2.24, 2.45) is 5.92 Å². The minimum absolute atomic E-state index is 0.231. The summed E-state index contributed by atoms with van der Waals surface area (Å²) in [6.07, 6.45) is 5.20. The van der Waals surface area contributed by atoms with Crippen LogP contribution in [0.5, 0.6) is 0 Å². The van der Waals surface area contributed by atoms with E-state index in [0.29, 0.717) is 18.8 Å². The van der Waals surface area contributed by atoms with Gasteiger partial charge in [-0.1, -0.05) is 5.16 Å². The number of hydrogen-bond acceptors (Lipinski definition) is 6. The predicted molar refractivity (Wildman–Crippen MR) is 102 cm³/mol. The van der Waals surface area contributed by atoms with E-state index in [4.69, 9.17) is 4.52 Å². The molecule has 2 fully saturated rings. The fourth-order valence-electron chi connectivity index (χ4n) is 4.45. The zero-order valence-electron chi connectivity index (χ0n) is 16.3. The Morgan fingerprint density at radius 2 is 2.07 bits per heavy atom. The van der Waals surface area contributed by atoms with Gasteiger partial charge in [0.25, 0.3) is 0 Å². The lowest BCUT2D eigenvalue weighted by atomic mass is 9.92. The van der Waals surface area contributed by atoms with E-state index in [2.05, 4.69) is 24.9 Å². The number of piperidine rings is 1. The SMILES string of the molecule is Cc1ccnc(N2CCC3CCN(C(=O)CCc4c(C)noc4C)C3C2)n1. The molecule has 4 heterocycles. The number of amides is 1. The van der Waals surface area contributed by atoms with Crippen LogP contribution in [0.4, 0.5) is 5.95 Å². The Hall–Kier alpha value is -2.44. The number of nitrogens with zero attached hydrogens (tertiary/aromatic N) is 5. The van der Waals surface area contributed by atoms with Crippen LogP contribution in [0, 0.1) is 26.7 Å². The van der Waals surface area contributed by atoms with Gasteiger partial charge in [-0.05, 0) is 52.0 Å². The summed E-state index contributed by atoms with van der Waals surface area (Å²) in [6.45, 7) is 8.48. The molecule has 0 N–H and O–H groups in total. The minimum Gasteiger partial charge on any atom is -0.361 e. The zero-order chi connectivity index (χ0) is 19.0. The van der Waals surface area contributed by atoms with Crippen molar-refractivity contribution in [3.63, 3.8) is 0 Å². The van der Waals surface area contributed by atoms with Crippen LogP contribution < -0.4 is 4.90 Å². The molecule has 4 rings (SSSR count). The van der Waals surface area contributed by atoms with E-state index in [0.717, 1.165) is 61.1 Å². The summed E-state index contributed by atoms with van der Waals surface area (Å²) in [4.78, 5) is 26.3. The van der Waals surface area contributed by atoms with Crippen LogP contribution >= 0.6 is 0 Å². The molecule has 0 aliphatic carbocycles. The molecule has 0 aromatic carbocycles. The van der Waals surface area contributed by atoms with E-state index >= 15 is 0 Å². The molecule has 2 aromatic heterocycles. The minimum atomic E-state index is 0.231. The fourth-order valence-corrected chi connectivity index (χ4v) is 4.45. The quantitative estimate of drug-likeness (QED) is 0.824. The van der Waals surface area contributed by atoms with Crippen LogP contribution in [0.25, 0.3) is 0 Å². The Morgan fingerprint density at radius 3 is 2.81 bits per heavy atom. The molecule has 1 amide bonds. The van der Waals surface area contributed by atoms with Crippen molar-refractivity contribution in [2.75, 3.05) is 24.5 Å². The summed E-state index contributed by atoms with van der Waals surface area (Å²) in [5.41, 5.74) is 2.93. The third-order valence-electron chi connectivity index (χ3n) is 6.02. The van der Waals surface area contributed by atoms with Gasteiger partial charge in [0.1, 0.15) is 5.76 Å². The van der Waals surface area contributed by atoms with Crippen LogP contribution in [0.15, 0.2) is 16.8 Å². The largest absolute Gasteiger partial charge is 0.361 e. The lowest BCUT2D eigenvalue weighted by molar-refractivity contribution is -0.132. The number of hydrogen-bond donors (Lipinski definition) is 0. The van der Waals surface area contributed by atoms with Gasteiger partial charge in [0.05, 0.1) is 11.7 Å². The van der Waals surface area contributed by atoms with Crippen molar-refractivity contribution >= 4 is 11.9 Å². The highest BCUT2D eigenvalue weighted by Gasteiger charge is 2.40. The van der Waals surface area contributed by atoms with Gasteiger partial charge in [-0.25, -0.2) is 9.97 Å². The molecule has 0 saturated carbocycles. The van der Waals surface area contributed by atoms with Gasteiger partial charge in [-0.15, -0.1) is 0 Å². The first-order valence-corrected chi connectivity index (χ1v) is 9.78. The number of anilines is 1.